The molecular weight excluding hydrogens is 328 g/mol. The minimum Gasteiger partial charge on any atom is -0.423 e. The Kier molecular flexibility index (Phi) is 3.20. The molecule has 0 aliphatic rings. The van der Waals surface area contributed by atoms with Crippen LogP contribution in [0.15, 0.2) is 34.7 Å². The normalized spacial score (nSPS) is 11.2. The van der Waals surface area contributed by atoms with Crippen LogP contribution in [0.3, 0.4) is 0 Å². The van der Waals surface area contributed by atoms with Gasteiger partial charge in [0, 0.05) is 12.1 Å². The molecule has 2 heterocycles. The van der Waals surface area contributed by atoms with Crippen molar-refractivity contribution < 1.29 is 9.34 Å². The van der Waals surface area contributed by atoms with Crippen molar-refractivity contribution in [3.05, 3.63) is 51.6 Å². The van der Waals surface area contributed by atoms with E-state index in [1.54, 1.807) is 0 Å². The lowest BCUT2D eigenvalue weighted by Crippen LogP contribution is -1.89. The molecule has 0 fully saturated rings. The number of rotatable bonds is 3. The van der Waals surface area contributed by atoms with Crippen molar-refractivity contribution in [3.63, 3.8) is 0 Å². The Bertz CT molecular complexity index is 1100. The lowest BCUT2D eigenvalue weighted by Gasteiger charge is -1.95. The van der Waals surface area contributed by atoms with Crippen molar-refractivity contribution >= 4 is 49.5 Å². The fourth-order valence-corrected chi connectivity index (χ4v) is 3.54. The second kappa shape index (κ2) is 5.27. The van der Waals surface area contributed by atoms with Gasteiger partial charge in [0.2, 0.25) is 0 Å². The summed E-state index contributed by atoms with van der Waals surface area (Å²) >= 11 is 1.33. The Morgan fingerprint density at radius 2 is 2.04 bits per heavy atom. The first kappa shape index (κ1) is 14.6. The molecule has 7 nitrogen and oxygen atoms in total. The van der Waals surface area contributed by atoms with Gasteiger partial charge in [0.15, 0.2) is 10.7 Å². The summed E-state index contributed by atoms with van der Waals surface area (Å²) in [7, 11) is 0. The smallest absolute Gasteiger partial charge is 0.302 e. The average Bonchev–Trinajstić information content (AvgIpc) is 3.11. The van der Waals surface area contributed by atoms with E-state index < -0.39 is 4.92 Å². The lowest BCUT2D eigenvalue weighted by molar-refractivity contribution is -0.384. The van der Waals surface area contributed by atoms with Gasteiger partial charge >= 0.3 is 6.01 Å². The summed E-state index contributed by atoms with van der Waals surface area (Å²) in [5, 5.41) is 14.6. The molecule has 0 spiro atoms. The van der Waals surface area contributed by atoms with E-state index in [2.05, 4.69) is 15.3 Å². The highest BCUT2D eigenvalue weighted by molar-refractivity contribution is 7.22. The SMILES string of the molecule is Cc1cc([N+](=O)[O-])cc2sc(Nc3nc4cccc(C)c4o3)nc12. The van der Waals surface area contributed by atoms with Gasteiger partial charge in [-0.05, 0) is 31.0 Å². The van der Waals surface area contributed by atoms with Gasteiger partial charge in [-0.3, -0.25) is 15.4 Å². The molecule has 1 N–H and O–H groups in total. The fraction of sp³-hybridized carbons (Fsp3) is 0.125. The van der Waals surface area contributed by atoms with E-state index in [1.807, 2.05) is 32.0 Å². The second-order valence-electron chi connectivity index (χ2n) is 5.45. The molecule has 0 unspecified atom stereocenters. The van der Waals surface area contributed by atoms with E-state index in [0.29, 0.717) is 11.1 Å². The van der Waals surface area contributed by atoms with E-state index in [4.69, 9.17) is 4.42 Å². The summed E-state index contributed by atoms with van der Waals surface area (Å²) < 4.78 is 6.47. The lowest BCUT2D eigenvalue weighted by atomic mass is 10.2. The minimum atomic E-state index is -0.400. The molecule has 4 rings (SSSR count). The maximum Gasteiger partial charge on any atom is 0.302 e. The molecule has 2 aromatic carbocycles. The molecule has 4 aromatic rings. The third-order valence-corrected chi connectivity index (χ3v) is 4.62. The topological polar surface area (TPSA) is 94.1 Å². The van der Waals surface area contributed by atoms with E-state index in [-0.39, 0.29) is 5.69 Å². The molecule has 0 radical (unpaired) electrons. The van der Waals surface area contributed by atoms with Crippen LogP contribution in [0.25, 0.3) is 21.3 Å². The Hall–Kier alpha value is -3.00. The molecule has 0 bridgehead atoms. The number of anilines is 2. The summed E-state index contributed by atoms with van der Waals surface area (Å²) in [6, 6.07) is 9.16. The maximum atomic E-state index is 11.0. The number of non-ortho nitro benzene ring substituents is 1. The first-order chi connectivity index (χ1) is 11.5. The monoisotopic (exact) mass is 340 g/mol. The number of hydrogen-bond donors (Lipinski definition) is 1. The number of oxazole rings is 1. The van der Waals surface area contributed by atoms with Crippen molar-refractivity contribution in [3.8, 4) is 0 Å². The number of aryl methyl sites for hydroxylation is 2. The summed E-state index contributed by atoms with van der Waals surface area (Å²) in [6.45, 7) is 3.76. The van der Waals surface area contributed by atoms with Crippen LogP contribution in [-0.2, 0) is 0 Å². The van der Waals surface area contributed by atoms with Crippen LogP contribution in [0.5, 0.6) is 0 Å². The predicted octanol–water partition coefficient (Wildman–Crippen LogP) is 4.71. The van der Waals surface area contributed by atoms with Gasteiger partial charge in [-0.15, -0.1) is 0 Å². The van der Waals surface area contributed by atoms with E-state index >= 15 is 0 Å². The van der Waals surface area contributed by atoms with Crippen LogP contribution in [0, 0.1) is 24.0 Å². The number of nitro groups is 1. The van der Waals surface area contributed by atoms with Gasteiger partial charge in [-0.2, -0.15) is 4.98 Å². The Labute approximate surface area is 140 Å². The van der Waals surface area contributed by atoms with Crippen LogP contribution in [0.2, 0.25) is 0 Å². The Morgan fingerprint density at radius 1 is 1.21 bits per heavy atom. The van der Waals surface area contributed by atoms with Gasteiger partial charge in [0.25, 0.3) is 5.69 Å². The molecule has 24 heavy (non-hydrogen) atoms. The molecule has 0 saturated carbocycles. The molecule has 0 aliphatic carbocycles. The van der Waals surface area contributed by atoms with Crippen LogP contribution in [0.1, 0.15) is 11.1 Å². The summed E-state index contributed by atoms with van der Waals surface area (Å²) in [4.78, 5) is 19.4. The molecule has 8 heteroatoms. The highest BCUT2D eigenvalue weighted by Gasteiger charge is 2.15. The first-order valence-corrected chi connectivity index (χ1v) is 8.01. The van der Waals surface area contributed by atoms with Crippen molar-refractivity contribution in [1.29, 1.82) is 0 Å². The van der Waals surface area contributed by atoms with Gasteiger partial charge in [0.1, 0.15) is 5.52 Å². The molecule has 0 atom stereocenters. The average molecular weight is 340 g/mol. The minimum absolute atomic E-state index is 0.0627. The number of nitrogens with zero attached hydrogens (tertiary/aromatic N) is 3. The largest absolute Gasteiger partial charge is 0.423 e. The number of nitrogens with one attached hydrogen (secondary N) is 1. The van der Waals surface area contributed by atoms with E-state index in [1.165, 1.54) is 23.5 Å². The van der Waals surface area contributed by atoms with E-state index in [0.717, 1.165) is 32.4 Å². The number of aromatic nitrogens is 2. The summed E-state index contributed by atoms with van der Waals surface area (Å²) in [5.74, 6) is 0. The quantitative estimate of drug-likeness (QED) is 0.429. The van der Waals surface area contributed by atoms with Crippen molar-refractivity contribution in [2.75, 3.05) is 5.32 Å². The van der Waals surface area contributed by atoms with Gasteiger partial charge in [-0.25, -0.2) is 4.98 Å². The standard InChI is InChI=1S/C16H12N4O3S/c1-8-4-3-5-11-14(8)23-15(17-11)19-16-18-13-9(2)6-10(20(21)22)7-12(13)24-16/h3-7H,1-2H3,(H,17,18,19). The van der Waals surface area contributed by atoms with Gasteiger partial charge in [-0.1, -0.05) is 23.5 Å². The summed E-state index contributed by atoms with van der Waals surface area (Å²) in [6.07, 6.45) is 0. The van der Waals surface area contributed by atoms with Gasteiger partial charge < -0.3 is 4.42 Å². The molecule has 0 amide bonds. The third kappa shape index (κ3) is 2.37. The third-order valence-electron chi connectivity index (χ3n) is 3.71. The maximum absolute atomic E-state index is 11.0. The number of thiazole rings is 1. The van der Waals surface area contributed by atoms with Crippen LogP contribution >= 0.6 is 11.3 Å². The van der Waals surface area contributed by atoms with Crippen molar-refractivity contribution in [2.45, 2.75) is 13.8 Å². The molecule has 0 saturated heterocycles. The zero-order chi connectivity index (χ0) is 16.8. The Balaban J connectivity index is 1.74. The molecule has 2 aromatic heterocycles. The van der Waals surface area contributed by atoms with Gasteiger partial charge in [0.05, 0.1) is 15.1 Å². The number of para-hydroxylation sites is 1. The highest BCUT2D eigenvalue weighted by atomic mass is 32.1. The summed E-state index contributed by atoms with van der Waals surface area (Å²) in [5.41, 5.74) is 4.06. The zero-order valence-corrected chi connectivity index (χ0v) is 13.7. The van der Waals surface area contributed by atoms with E-state index in [9.17, 15) is 10.1 Å². The fourth-order valence-electron chi connectivity index (χ4n) is 2.57. The Morgan fingerprint density at radius 3 is 2.79 bits per heavy atom. The first-order valence-electron chi connectivity index (χ1n) is 7.20. The van der Waals surface area contributed by atoms with Crippen LogP contribution in [0.4, 0.5) is 16.8 Å². The predicted molar refractivity (Wildman–Crippen MR) is 93.0 cm³/mol. The van der Waals surface area contributed by atoms with Crippen molar-refractivity contribution in [1.82, 2.24) is 9.97 Å². The number of fused-ring (bicyclic) bond motifs is 2. The molecule has 120 valence electrons. The van der Waals surface area contributed by atoms with Crippen molar-refractivity contribution in [2.24, 2.45) is 0 Å². The number of nitro benzene ring substituents is 1. The van der Waals surface area contributed by atoms with Crippen LogP contribution in [-0.4, -0.2) is 14.9 Å². The molecular formula is C16H12N4O3S. The zero-order valence-electron chi connectivity index (χ0n) is 12.9. The number of benzene rings is 2. The number of hydrogen-bond acceptors (Lipinski definition) is 7. The highest BCUT2D eigenvalue weighted by Crippen LogP contribution is 2.33. The van der Waals surface area contributed by atoms with Crippen LogP contribution < -0.4 is 5.32 Å². The molecule has 0 aliphatic heterocycles. The second-order valence-corrected chi connectivity index (χ2v) is 6.48.